The second-order valence-electron chi connectivity index (χ2n) is 7.16. The molecule has 1 aliphatic rings. The monoisotopic (exact) mass is 363 g/mol. The molecule has 0 atom stereocenters. The van der Waals surface area contributed by atoms with Crippen LogP contribution in [-0.2, 0) is 11.3 Å². The molecular formula is C20H21N5O2. The maximum absolute atomic E-state index is 12.4. The maximum atomic E-state index is 12.4. The van der Waals surface area contributed by atoms with E-state index < -0.39 is 0 Å². The largest absolute Gasteiger partial charge is 0.381 e. The number of H-pyrrole nitrogens is 2. The number of aryl methyl sites for hydroxylation is 1. The van der Waals surface area contributed by atoms with Crippen molar-refractivity contribution < 1.29 is 4.74 Å². The lowest BCUT2D eigenvalue weighted by Crippen LogP contribution is -2.21. The van der Waals surface area contributed by atoms with E-state index in [4.69, 9.17) is 4.74 Å². The highest BCUT2D eigenvalue weighted by atomic mass is 16.5. The molecule has 4 aromatic heterocycles. The van der Waals surface area contributed by atoms with Crippen LogP contribution in [0.3, 0.4) is 0 Å². The molecule has 0 bridgehead atoms. The number of ether oxygens (including phenoxy) is 1. The lowest BCUT2D eigenvalue weighted by molar-refractivity contribution is 0.0626. The van der Waals surface area contributed by atoms with Crippen LogP contribution in [0.4, 0.5) is 0 Å². The van der Waals surface area contributed by atoms with Gasteiger partial charge in [-0.2, -0.15) is 0 Å². The minimum absolute atomic E-state index is 0.0964. The standard InChI is InChI=1S/C20H21N5O2/c26-20-24-19-17(25(20)6-2-13-3-7-27-8-4-13)10-16(12-23-19)15-9-14-1-5-21-18(14)22-11-15/h1,5,9-13H,2-4,6-8H2,(H,21,22)(H,23,24,26). The van der Waals surface area contributed by atoms with Crippen molar-refractivity contribution >= 4 is 22.2 Å². The van der Waals surface area contributed by atoms with Gasteiger partial charge < -0.3 is 9.72 Å². The fourth-order valence-corrected chi connectivity index (χ4v) is 3.86. The molecule has 0 radical (unpaired) electrons. The summed E-state index contributed by atoms with van der Waals surface area (Å²) in [6, 6.07) is 6.11. The van der Waals surface area contributed by atoms with Gasteiger partial charge in [-0.1, -0.05) is 0 Å². The molecule has 0 spiro atoms. The molecule has 0 aliphatic carbocycles. The van der Waals surface area contributed by atoms with Crippen LogP contribution in [0.1, 0.15) is 19.3 Å². The van der Waals surface area contributed by atoms with Crippen molar-refractivity contribution in [2.75, 3.05) is 13.2 Å². The van der Waals surface area contributed by atoms with E-state index in [0.29, 0.717) is 18.1 Å². The van der Waals surface area contributed by atoms with Crippen LogP contribution in [0.5, 0.6) is 0 Å². The van der Waals surface area contributed by atoms with Gasteiger partial charge in [-0.25, -0.2) is 14.8 Å². The second kappa shape index (κ2) is 6.66. The predicted molar refractivity (Wildman–Crippen MR) is 104 cm³/mol. The first-order valence-electron chi connectivity index (χ1n) is 9.38. The van der Waals surface area contributed by atoms with Gasteiger partial charge in [0.1, 0.15) is 5.65 Å². The van der Waals surface area contributed by atoms with Gasteiger partial charge in [0.2, 0.25) is 0 Å². The Labute approximate surface area is 155 Å². The number of pyridine rings is 2. The lowest BCUT2D eigenvalue weighted by Gasteiger charge is -2.21. The fourth-order valence-electron chi connectivity index (χ4n) is 3.86. The molecule has 1 aliphatic heterocycles. The SMILES string of the molecule is O=c1[nH]c2ncc(-c3cnc4[nH]ccc4c3)cc2n1CCC1CCOCC1. The summed E-state index contributed by atoms with van der Waals surface area (Å²) >= 11 is 0. The van der Waals surface area contributed by atoms with Crippen molar-refractivity contribution in [3.05, 3.63) is 47.3 Å². The summed E-state index contributed by atoms with van der Waals surface area (Å²) in [5.74, 6) is 0.618. The van der Waals surface area contributed by atoms with Gasteiger partial charge in [0.15, 0.2) is 5.65 Å². The summed E-state index contributed by atoms with van der Waals surface area (Å²) in [5.41, 5.74) is 4.19. The summed E-state index contributed by atoms with van der Waals surface area (Å²) in [5, 5.41) is 1.05. The van der Waals surface area contributed by atoms with Crippen LogP contribution in [-0.4, -0.2) is 37.7 Å². The molecule has 0 unspecified atom stereocenters. The summed E-state index contributed by atoms with van der Waals surface area (Å²) in [4.78, 5) is 27.3. The number of hydrogen-bond acceptors (Lipinski definition) is 4. The Morgan fingerprint density at radius 1 is 1.11 bits per heavy atom. The molecule has 5 rings (SSSR count). The highest BCUT2D eigenvalue weighted by Gasteiger charge is 2.16. The average Bonchev–Trinajstić information content (AvgIpc) is 3.29. The minimum atomic E-state index is -0.0964. The van der Waals surface area contributed by atoms with Gasteiger partial charge >= 0.3 is 5.69 Å². The molecule has 138 valence electrons. The Kier molecular flexibility index (Phi) is 4.01. The fraction of sp³-hybridized carbons (Fsp3) is 0.350. The molecule has 1 fully saturated rings. The summed E-state index contributed by atoms with van der Waals surface area (Å²) in [7, 11) is 0. The van der Waals surface area contributed by atoms with E-state index in [1.165, 1.54) is 0 Å². The quantitative estimate of drug-likeness (QED) is 0.583. The minimum Gasteiger partial charge on any atom is -0.381 e. The lowest BCUT2D eigenvalue weighted by atomic mass is 9.96. The van der Waals surface area contributed by atoms with Gasteiger partial charge in [-0.3, -0.25) is 9.55 Å². The molecule has 0 saturated carbocycles. The van der Waals surface area contributed by atoms with Gasteiger partial charge in [0, 0.05) is 54.9 Å². The summed E-state index contributed by atoms with van der Waals surface area (Å²) < 4.78 is 7.24. The Morgan fingerprint density at radius 3 is 2.74 bits per heavy atom. The van der Waals surface area contributed by atoms with Crippen molar-refractivity contribution in [3.63, 3.8) is 0 Å². The molecule has 4 aromatic rings. The summed E-state index contributed by atoms with van der Waals surface area (Å²) in [6.45, 7) is 2.35. The second-order valence-corrected chi connectivity index (χ2v) is 7.16. The molecule has 27 heavy (non-hydrogen) atoms. The van der Waals surface area contributed by atoms with Gasteiger partial charge in [0.05, 0.1) is 5.52 Å². The molecule has 0 amide bonds. The van der Waals surface area contributed by atoms with Crippen molar-refractivity contribution in [2.24, 2.45) is 5.92 Å². The van der Waals surface area contributed by atoms with Crippen LogP contribution in [0.15, 0.2) is 41.6 Å². The Bertz CT molecular complexity index is 1150. The highest BCUT2D eigenvalue weighted by Crippen LogP contribution is 2.25. The van der Waals surface area contributed by atoms with Crippen LogP contribution in [0, 0.1) is 5.92 Å². The van der Waals surface area contributed by atoms with Crippen LogP contribution in [0.25, 0.3) is 33.3 Å². The van der Waals surface area contributed by atoms with Crippen molar-refractivity contribution in [1.82, 2.24) is 24.5 Å². The van der Waals surface area contributed by atoms with E-state index >= 15 is 0 Å². The Balaban J connectivity index is 1.49. The first-order chi connectivity index (χ1) is 13.3. The zero-order valence-corrected chi connectivity index (χ0v) is 14.9. The molecule has 0 aromatic carbocycles. The van der Waals surface area contributed by atoms with Crippen LogP contribution in [0.2, 0.25) is 0 Å². The smallest absolute Gasteiger partial charge is 0.327 e. The molecule has 7 nitrogen and oxygen atoms in total. The van der Waals surface area contributed by atoms with Crippen molar-refractivity contribution in [3.8, 4) is 11.1 Å². The topological polar surface area (TPSA) is 88.6 Å². The number of aromatic amines is 2. The van der Waals surface area contributed by atoms with E-state index in [2.05, 4.69) is 26.0 Å². The number of imidazole rings is 1. The predicted octanol–water partition coefficient (Wildman–Crippen LogP) is 3.08. The zero-order chi connectivity index (χ0) is 18.2. The third-order valence-corrected chi connectivity index (χ3v) is 5.46. The van der Waals surface area contributed by atoms with Gasteiger partial charge in [-0.15, -0.1) is 0 Å². The molecule has 2 N–H and O–H groups in total. The first kappa shape index (κ1) is 16.3. The third-order valence-electron chi connectivity index (χ3n) is 5.46. The molecular weight excluding hydrogens is 342 g/mol. The molecule has 5 heterocycles. The normalized spacial score (nSPS) is 15.7. The van der Waals surface area contributed by atoms with Crippen LogP contribution < -0.4 is 5.69 Å². The number of aromatic nitrogens is 5. The van der Waals surface area contributed by atoms with Gasteiger partial charge in [-0.05, 0) is 43.4 Å². The number of hydrogen-bond donors (Lipinski definition) is 2. The Hall–Kier alpha value is -2.93. The van der Waals surface area contributed by atoms with Crippen molar-refractivity contribution in [2.45, 2.75) is 25.8 Å². The van der Waals surface area contributed by atoms with E-state index in [0.717, 1.165) is 60.2 Å². The Morgan fingerprint density at radius 2 is 1.89 bits per heavy atom. The van der Waals surface area contributed by atoms with Crippen LogP contribution >= 0.6 is 0 Å². The van der Waals surface area contributed by atoms with E-state index in [-0.39, 0.29) is 5.69 Å². The number of fused-ring (bicyclic) bond motifs is 2. The van der Waals surface area contributed by atoms with E-state index in [1.54, 1.807) is 6.20 Å². The van der Waals surface area contributed by atoms with Crippen molar-refractivity contribution in [1.29, 1.82) is 0 Å². The number of nitrogens with one attached hydrogen (secondary N) is 2. The van der Waals surface area contributed by atoms with E-state index in [9.17, 15) is 4.79 Å². The first-order valence-corrected chi connectivity index (χ1v) is 9.38. The van der Waals surface area contributed by atoms with Gasteiger partial charge in [0.25, 0.3) is 0 Å². The maximum Gasteiger partial charge on any atom is 0.327 e. The average molecular weight is 363 g/mol. The third kappa shape index (κ3) is 3.04. The van der Waals surface area contributed by atoms with E-state index in [1.807, 2.05) is 29.1 Å². The zero-order valence-electron chi connectivity index (χ0n) is 14.9. The number of nitrogens with zero attached hydrogens (tertiary/aromatic N) is 3. The molecule has 1 saturated heterocycles. The molecule has 7 heteroatoms. The number of rotatable bonds is 4. The summed E-state index contributed by atoms with van der Waals surface area (Å²) in [6.07, 6.45) is 8.63. The highest BCUT2D eigenvalue weighted by molar-refractivity contribution is 5.84.